The number of nitrogens with two attached hydrogens (primary N) is 1. The number of aliphatic hydroxyl groups excluding tert-OH is 1. The van der Waals surface area contributed by atoms with Gasteiger partial charge < -0.3 is 21.4 Å². The highest BCUT2D eigenvalue weighted by Crippen LogP contribution is 2.10. The second kappa shape index (κ2) is 6.95. The van der Waals surface area contributed by atoms with Crippen LogP contribution in [0.2, 0.25) is 0 Å². The first-order chi connectivity index (χ1) is 8.95. The molecular formula is C11H14F3N3O2. The summed E-state index contributed by atoms with van der Waals surface area (Å²) < 4.78 is 37.6. The maximum Gasteiger partial charge on any atom is 0.265 e. The third-order valence-corrected chi connectivity index (χ3v) is 2.42. The molecule has 5 nitrogen and oxygen atoms in total. The fraction of sp³-hybridized carbons (Fsp3) is 0.364. The minimum absolute atomic E-state index is 0.0218. The lowest BCUT2D eigenvalue weighted by molar-refractivity contribution is -0.00343. The molecule has 0 heterocycles. The van der Waals surface area contributed by atoms with E-state index in [4.69, 9.17) is 16.0 Å². The van der Waals surface area contributed by atoms with Gasteiger partial charge in [0.05, 0.1) is 0 Å². The van der Waals surface area contributed by atoms with E-state index in [1.54, 1.807) is 0 Å². The van der Waals surface area contributed by atoms with Crippen LogP contribution >= 0.6 is 0 Å². The van der Waals surface area contributed by atoms with Crippen LogP contribution in [0, 0.1) is 5.82 Å². The molecule has 19 heavy (non-hydrogen) atoms. The van der Waals surface area contributed by atoms with E-state index in [2.05, 4.69) is 10.5 Å². The molecule has 1 rings (SSSR count). The Morgan fingerprint density at radius 2 is 2.11 bits per heavy atom. The van der Waals surface area contributed by atoms with Crippen molar-refractivity contribution in [2.75, 3.05) is 6.54 Å². The van der Waals surface area contributed by atoms with Crippen LogP contribution < -0.4 is 11.1 Å². The normalized spacial score (nSPS) is 13.8. The van der Waals surface area contributed by atoms with Crippen LogP contribution in [0.4, 0.5) is 13.2 Å². The van der Waals surface area contributed by atoms with Gasteiger partial charge in [-0.1, -0.05) is 17.3 Å². The highest BCUT2D eigenvalue weighted by Gasteiger charge is 2.16. The van der Waals surface area contributed by atoms with Crippen molar-refractivity contribution < 1.29 is 23.5 Å². The Balaban J connectivity index is 2.61. The first-order valence-corrected chi connectivity index (χ1v) is 5.39. The number of rotatable bonds is 6. The summed E-state index contributed by atoms with van der Waals surface area (Å²) in [4.78, 5) is 0. The van der Waals surface area contributed by atoms with Gasteiger partial charge in [-0.15, -0.1) is 0 Å². The van der Waals surface area contributed by atoms with Gasteiger partial charge in [0, 0.05) is 24.2 Å². The zero-order valence-corrected chi connectivity index (χ0v) is 9.85. The van der Waals surface area contributed by atoms with Crippen molar-refractivity contribution >= 4 is 5.84 Å². The van der Waals surface area contributed by atoms with Crippen LogP contribution in [0.3, 0.4) is 0 Å². The summed E-state index contributed by atoms with van der Waals surface area (Å²) in [7, 11) is 0. The van der Waals surface area contributed by atoms with Gasteiger partial charge in [-0.05, 0) is 6.07 Å². The molecule has 0 aliphatic carbocycles. The maximum absolute atomic E-state index is 13.6. The Hall–Kier alpha value is -1.80. The molecule has 1 aromatic rings. The quantitative estimate of drug-likeness (QED) is 0.266. The average Bonchev–Trinajstić information content (AvgIpc) is 2.39. The molecule has 0 aliphatic heterocycles. The van der Waals surface area contributed by atoms with Crippen molar-refractivity contribution in [3.8, 4) is 0 Å². The van der Waals surface area contributed by atoms with Gasteiger partial charge in [0.15, 0.2) is 5.84 Å². The molecule has 0 saturated carbocycles. The van der Waals surface area contributed by atoms with Gasteiger partial charge in [0.25, 0.3) is 6.43 Å². The monoisotopic (exact) mass is 277 g/mol. The summed E-state index contributed by atoms with van der Waals surface area (Å²) in [5, 5.41) is 22.5. The average molecular weight is 277 g/mol. The number of hydrogen-bond acceptors (Lipinski definition) is 4. The first-order valence-electron chi connectivity index (χ1n) is 5.39. The number of amidine groups is 1. The topological polar surface area (TPSA) is 90.9 Å². The second-order valence-electron chi connectivity index (χ2n) is 3.82. The lowest BCUT2D eigenvalue weighted by Gasteiger charge is -2.11. The number of alkyl halides is 2. The lowest BCUT2D eigenvalue weighted by atomic mass is 10.1. The van der Waals surface area contributed by atoms with E-state index in [1.807, 2.05) is 0 Å². The van der Waals surface area contributed by atoms with Crippen molar-refractivity contribution in [3.05, 3.63) is 35.1 Å². The molecule has 0 saturated heterocycles. The summed E-state index contributed by atoms with van der Waals surface area (Å²) in [6.07, 6.45) is -4.64. The molecule has 0 radical (unpaired) electrons. The molecule has 1 aromatic carbocycles. The van der Waals surface area contributed by atoms with Crippen LogP contribution in [0.1, 0.15) is 11.1 Å². The minimum atomic E-state index is -2.85. The number of hydrogen-bond donors (Lipinski definition) is 4. The van der Waals surface area contributed by atoms with E-state index in [1.165, 1.54) is 12.1 Å². The Morgan fingerprint density at radius 3 is 2.63 bits per heavy atom. The molecule has 106 valence electrons. The summed E-state index contributed by atoms with van der Waals surface area (Å²) in [6.45, 7) is -0.370. The number of halogens is 3. The van der Waals surface area contributed by atoms with Crippen LogP contribution in [0.5, 0.6) is 0 Å². The minimum Gasteiger partial charge on any atom is -0.409 e. The van der Waals surface area contributed by atoms with Crippen LogP contribution in [-0.2, 0) is 6.54 Å². The van der Waals surface area contributed by atoms with Gasteiger partial charge in [-0.2, -0.15) is 0 Å². The molecule has 0 bridgehead atoms. The van der Waals surface area contributed by atoms with Crippen molar-refractivity contribution in [1.82, 2.24) is 5.32 Å². The van der Waals surface area contributed by atoms with Crippen molar-refractivity contribution in [2.24, 2.45) is 10.9 Å². The maximum atomic E-state index is 13.6. The zero-order valence-electron chi connectivity index (χ0n) is 9.85. The van der Waals surface area contributed by atoms with Gasteiger partial charge in [0.2, 0.25) is 0 Å². The van der Waals surface area contributed by atoms with Crippen molar-refractivity contribution in [2.45, 2.75) is 19.1 Å². The largest absolute Gasteiger partial charge is 0.409 e. The summed E-state index contributed by atoms with van der Waals surface area (Å²) in [5.74, 6) is -0.852. The molecule has 0 spiro atoms. The van der Waals surface area contributed by atoms with E-state index in [9.17, 15) is 13.2 Å². The van der Waals surface area contributed by atoms with Gasteiger partial charge >= 0.3 is 0 Å². The van der Waals surface area contributed by atoms with Crippen LogP contribution in [-0.4, -0.2) is 35.2 Å². The predicted molar refractivity (Wildman–Crippen MR) is 62.6 cm³/mol. The standard InChI is InChI=1S/C11H14F3N3O2/c12-8-3-6(11(15)17-19)1-2-7(8)4-16-5-9(18)10(13)14/h1-3,9-10,16,18-19H,4-5H2,(H2,15,17). The smallest absolute Gasteiger partial charge is 0.265 e. The number of oxime groups is 1. The first kappa shape index (κ1) is 15.3. The van der Waals surface area contributed by atoms with Crippen LogP contribution in [0.15, 0.2) is 23.4 Å². The van der Waals surface area contributed by atoms with E-state index in [-0.39, 0.29) is 30.1 Å². The third kappa shape index (κ3) is 4.42. The number of aliphatic hydroxyl groups is 1. The van der Waals surface area contributed by atoms with Gasteiger partial charge in [0.1, 0.15) is 11.9 Å². The van der Waals surface area contributed by atoms with E-state index in [0.29, 0.717) is 0 Å². The Morgan fingerprint density at radius 1 is 1.42 bits per heavy atom. The highest BCUT2D eigenvalue weighted by molar-refractivity contribution is 5.97. The molecule has 8 heteroatoms. The summed E-state index contributed by atoms with van der Waals surface area (Å²) in [5.41, 5.74) is 5.71. The molecule has 1 atom stereocenters. The zero-order chi connectivity index (χ0) is 14.4. The Bertz CT molecular complexity index is 455. The molecule has 0 fully saturated rings. The van der Waals surface area contributed by atoms with Crippen molar-refractivity contribution in [3.63, 3.8) is 0 Å². The fourth-order valence-electron chi connectivity index (χ4n) is 1.35. The molecule has 0 aromatic heterocycles. The number of nitrogens with one attached hydrogen (secondary N) is 1. The summed E-state index contributed by atoms with van der Waals surface area (Å²) in [6, 6.07) is 3.87. The molecule has 0 aliphatic rings. The second-order valence-corrected chi connectivity index (χ2v) is 3.82. The number of nitrogens with zero attached hydrogens (tertiary/aromatic N) is 1. The predicted octanol–water partition coefficient (Wildman–Crippen LogP) is 0.636. The molecule has 1 unspecified atom stereocenters. The number of benzene rings is 1. The molecule has 0 amide bonds. The fourth-order valence-corrected chi connectivity index (χ4v) is 1.35. The van der Waals surface area contributed by atoms with Crippen molar-refractivity contribution in [1.29, 1.82) is 0 Å². The SMILES string of the molecule is N/C(=N/O)c1ccc(CNCC(O)C(F)F)c(F)c1. The lowest BCUT2D eigenvalue weighted by Crippen LogP contribution is -2.31. The van der Waals surface area contributed by atoms with E-state index in [0.717, 1.165) is 6.07 Å². The van der Waals surface area contributed by atoms with E-state index >= 15 is 0 Å². The Labute approximate surface area is 107 Å². The van der Waals surface area contributed by atoms with Crippen LogP contribution in [0.25, 0.3) is 0 Å². The molecule has 5 N–H and O–H groups in total. The highest BCUT2D eigenvalue weighted by atomic mass is 19.3. The van der Waals surface area contributed by atoms with Gasteiger partial charge in [-0.25, -0.2) is 13.2 Å². The molecular weight excluding hydrogens is 263 g/mol. The van der Waals surface area contributed by atoms with Gasteiger partial charge in [-0.3, -0.25) is 0 Å². The van der Waals surface area contributed by atoms with E-state index < -0.39 is 18.3 Å². The Kier molecular flexibility index (Phi) is 5.58. The third-order valence-electron chi connectivity index (χ3n) is 2.42. The summed E-state index contributed by atoms with van der Waals surface area (Å²) >= 11 is 0.